The fourth-order valence-corrected chi connectivity index (χ4v) is 2.24. The number of benzene rings is 1. The Balaban J connectivity index is 1.97. The Morgan fingerprint density at radius 2 is 1.59 bits per heavy atom. The lowest BCUT2D eigenvalue weighted by molar-refractivity contribution is 0.313. The highest BCUT2D eigenvalue weighted by Crippen LogP contribution is 2.17. The van der Waals surface area contributed by atoms with Gasteiger partial charge in [0.1, 0.15) is 0 Å². The molecule has 0 spiro atoms. The van der Waals surface area contributed by atoms with Crippen LogP contribution in [0, 0.1) is 0 Å². The van der Waals surface area contributed by atoms with Crippen LogP contribution in [-0.4, -0.2) is 57.1 Å². The molecule has 94 valence electrons. The van der Waals surface area contributed by atoms with Crippen LogP contribution in [0.5, 0.6) is 0 Å². The summed E-state index contributed by atoms with van der Waals surface area (Å²) in [6.45, 7) is 5.63. The van der Waals surface area contributed by atoms with Crippen molar-refractivity contribution in [3.05, 3.63) is 29.8 Å². The minimum atomic E-state index is 1.02. The van der Waals surface area contributed by atoms with Crippen LogP contribution in [0.4, 0.5) is 5.69 Å². The van der Waals surface area contributed by atoms with Crippen molar-refractivity contribution in [2.75, 3.05) is 52.2 Å². The molecule has 1 fully saturated rings. The van der Waals surface area contributed by atoms with E-state index in [-0.39, 0.29) is 0 Å². The molecule has 1 aromatic carbocycles. The Morgan fingerprint density at radius 1 is 1.00 bits per heavy atom. The lowest BCUT2D eigenvalue weighted by Crippen LogP contribution is -2.44. The van der Waals surface area contributed by atoms with Crippen molar-refractivity contribution in [1.29, 1.82) is 0 Å². The zero-order valence-corrected chi connectivity index (χ0v) is 11.2. The van der Waals surface area contributed by atoms with E-state index < -0.39 is 0 Å². The molecule has 1 aliphatic rings. The highest BCUT2D eigenvalue weighted by atomic mass is 15.2. The largest absolute Gasteiger partial charge is 0.369 e. The molecule has 0 amide bonds. The summed E-state index contributed by atoms with van der Waals surface area (Å²) in [4.78, 5) is 7.06. The van der Waals surface area contributed by atoms with Crippen molar-refractivity contribution in [2.45, 2.75) is 6.54 Å². The van der Waals surface area contributed by atoms with Gasteiger partial charge in [-0.05, 0) is 38.8 Å². The normalized spacial score (nSPS) is 17.8. The maximum absolute atomic E-state index is 2.47. The fraction of sp³-hybridized carbons (Fsp3) is 0.571. The van der Waals surface area contributed by atoms with Crippen LogP contribution in [0.1, 0.15) is 5.56 Å². The number of piperazine rings is 1. The molecule has 1 aliphatic heterocycles. The standard InChI is InChI=1S/C14H23N3/c1-15(2)12-13-4-6-14(7-5-13)17-10-8-16(3)9-11-17/h4-7H,8-12H2,1-3H3. The lowest BCUT2D eigenvalue weighted by Gasteiger charge is -2.34. The topological polar surface area (TPSA) is 9.72 Å². The molecule has 1 aromatic rings. The van der Waals surface area contributed by atoms with Gasteiger partial charge in [0.15, 0.2) is 0 Å². The van der Waals surface area contributed by atoms with Crippen LogP contribution < -0.4 is 4.90 Å². The lowest BCUT2D eigenvalue weighted by atomic mass is 10.1. The van der Waals surface area contributed by atoms with E-state index in [1.165, 1.54) is 24.3 Å². The van der Waals surface area contributed by atoms with Crippen molar-refractivity contribution in [3.8, 4) is 0 Å². The Kier molecular flexibility index (Phi) is 4.02. The molecule has 0 radical (unpaired) electrons. The van der Waals surface area contributed by atoms with Crippen molar-refractivity contribution < 1.29 is 0 Å². The second-order valence-electron chi connectivity index (χ2n) is 5.19. The number of hydrogen-bond donors (Lipinski definition) is 0. The van der Waals surface area contributed by atoms with Gasteiger partial charge in [-0.25, -0.2) is 0 Å². The Labute approximate surface area is 105 Å². The molecule has 0 aromatic heterocycles. The van der Waals surface area contributed by atoms with Gasteiger partial charge in [-0.15, -0.1) is 0 Å². The van der Waals surface area contributed by atoms with Gasteiger partial charge >= 0.3 is 0 Å². The van der Waals surface area contributed by atoms with E-state index >= 15 is 0 Å². The van der Waals surface area contributed by atoms with Crippen molar-refractivity contribution in [2.24, 2.45) is 0 Å². The molecular weight excluding hydrogens is 210 g/mol. The molecular formula is C14H23N3. The van der Waals surface area contributed by atoms with Gasteiger partial charge in [0.25, 0.3) is 0 Å². The predicted molar refractivity (Wildman–Crippen MR) is 73.5 cm³/mol. The van der Waals surface area contributed by atoms with E-state index in [0.717, 1.165) is 19.6 Å². The van der Waals surface area contributed by atoms with Gasteiger partial charge in [-0.3, -0.25) is 0 Å². The average Bonchev–Trinajstić information content (AvgIpc) is 2.30. The van der Waals surface area contributed by atoms with Gasteiger partial charge in [0, 0.05) is 38.4 Å². The summed E-state index contributed by atoms with van der Waals surface area (Å²) in [7, 11) is 6.40. The Morgan fingerprint density at radius 3 is 2.12 bits per heavy atom. The van der Waals surface area contributed by atoms with E-state index in [4.69, 9.17) is 0 Å². The van der Waals surface area contributed by atoms with Crippen LogP contribution in [-0.2, 0) is 6.54 Å². The Bertz CT molecular complexity index is 337. The monoisotopic (exact) mass is 233 g/mol. The third-order valence-electron chi connectivity index (χ3n) is 3.30. The predicted octanol–water partition coefficient (Wildman–Crippen LogP) is 1.50. The van der Waals surface area contributed by atoms with Gasteiger partial charge in [0.05, 0.1) is 0 Å². The zero-order valence-electron chi connectivity index (χ0n) is 11.2. The second kappa shape index (κ2) is 5.52. The first-order valence-corrected chi connectivity index (χ1v) is 6.32. The molecule has 1 saturated heterocycles. The van der Waals surface area contributed by atoms with Crippen LogP contribution in [0.3, 0.4) is 0 Å². The summed E-state index contributed by atoms with van der Waals surface area (Å²) in [5, 5.41) is 0. The quantitative estimate of drug-likeness (QED) is 0.783. The number of nitrogens with zero attached hydrogens (tertiary/aromatic N) is 3. The Hall–Kier alpha value is -1.06. The third kappa shape index (κ3) is 3.45. The zero-order chi connectivity index (χ0) is 12.3. The molecule has 0 atom stereocenters. The molecule has 3 heteroatoms. The third-order valence-corrected chi connectivity index (χ3v) is 3.30. The van der Waals surface area contributed by atoms with E-state index in [1.54, 1.807) is 0 Å². The molecule has 0 bridgehead atoms. The number of hydrogen-bond acceptors (Lipinski definition) is 3. The minimum Gasteiger partial charge on any atom is -0.369 e. The molecule has 1 heterocycles. The minimum absolute atomic E-state index is 1.02. The highest BCUT2D eigenvalue weighted by molar-refractivity contribution is 5.48. The van der Waals surface area contributed by atoms with Crippen LogP contribution in [0.15, 0.2) is 24.3 Å². The van der Waals surface area contributed by atoms with Crippen LogP contribution in [0.25, 0.3) is 0 Å². The van der Waals surface area contributed by atoms with E-state index in [1.807, 2.05) is 0 Å². The summed E-state index contributed by atoms with van der Waals surface area (Å²) < 4.78 is 0. The van der Waals surface area contributed by atoms with Crippen LogP contribution >= 0.6 is 0 Å². The molecule has 0 unspecified atom stereocenters. The number of likely N-dealkylation sites (N-methyl/N-ethyl adjacent to an activating group) is 1. The molecule has 2 rings (SSSR count). The SMILES string of the molecule is CN(C)Cc1ccc(N2CCN(C)CC2)cc1. The molecule has 0 saturated carbocycles. The fourth-order valence-electron chi connectivity index (χ4n) is 2.24. The first-order valence-electron chi connectivity index (χ1n) is 6.32. The second-order valence-corrected chi connectivity index (χ2v) is 5.19. The molecule has 0 aliphatic carbocycles. The van der Waals surface area contributed by atoms with Gasteiger partial charge in [-0.2, -0.15) is 0 Å². The molecule has 3 nitrogen and oxygen atoms in total. The molecule has 17 heavy (non-hydrogen) atoms. The maximum atomic E-state index is 2.47. The van der Waals surface area contributed by atoms with Crippen LogP contribution in [0.2, 0.25) is 0 Å². The van der Waals surface area contributed by atoms with E-state index in [0.29, 0.717) is 0 Å². The number of rotatable bonds is 3. The smallest absolute Gasteiger partial charge is 0.0367 e. The van der Waals surface area contributed by atoms with Gasteiger partial charge in [-0.1, -0.05) is 12.1 Å². The molecule has 0 N–H and O–H groups in total. The summed E-state index contributed by atoms with van der Waals surface area (Å²) in [6, 6.07) is 9.00. The number of anilines is 1. The van der Waals surface area contributed by atoms with E-state index in [2.05, 4.69) is 60.1 Å². The summed E-state index contributed by atoms with van der Waals surface area (Å²) >= 11 is 0. The maximum Gasteiger partial charge on any atom is 0.0367 e. The summed E-state index contributed by atoms with van der Waals surface area (Å²) in [5.41, 5.74) is 2.74. The van der Waals surface area contributed by atoms with E-state index in [9.17, 15) is 0 Å². The first-order chi connectivity index (χ1) is 8.15. The van der Waals surface area contributed by atoms with Gasteiger partial charge in [0.2, 0.25) is 0 Å². The van der Waals surface area contributed by atoms with Crippen molar-refractivity contribution >= 4 is 5.69 Å². The van der Waals surface area contributed by atoms with Crippen molar-refractivity contribution in [1.82, 2.24) is 9.80 Å². The first kappa shape index (κ1) is 12.4. The summed E-state index contributed by atoms with van der Waals surface area (Å²) in [5.74, 6) is 0. The van der Waals surface area contributed by atoms with Crippen molar-refractivity contribution in [3.63, 3.8) is 0 Å². The summed E-state index contributed by atoms with van der Waals surface area (Å²) in [6.07, 6.45) is 0. The average molecular weight is 233 g/mol. The highest BCUT2D eigenvalue weighted by Gasteiger charge is 2.13. The van der Waals surface area contributed by atoms with Gasteiger partial charge < -0.3 is 14.7 Å².